The molecule has 0 aromatic rings. The molecule has 2 fully saturated rings. The molecule has 18 heavy (non-hydrogen) atoms. The topological polar surface area (TPSA) is 55.1 Å². The zero-order valence-corrected chi connectivity index (χ0v) is 12.4. The first kappa shape index (κ1) is 14.1. The molecule has 1 saturated heterocycles. The van der Waals surface area contributed by atoms with Gasteiger partial charge in [-0.2, -0.15) is 11.8 Å². The number of rotatable bonds is 4. The van der Waals surface area contributed by atoms with Crippen molar-refractivity contribution < 1.29 is 4.79 Å². The highest BCUT2D eigenvalue weighted by Gasteiger charge is 2.43. The van der Waals surface area contributed by atoms with E-state index in [9.17, 15) is 4.79 Å². The quantitative estimate of drug-likeness (QED) is 0.777. The van der Waals surface area contributed by atoms with Crippen LogP contribution in [0.5, 0.6) is 0 Å². The number of carbonyl (C=O) groups is 1. The summed E-state index contributed by atoms with van der Waals surface area (Å²) in [4.78, 5) is 12.8. The van der Waals surface area contributed by atoms with Crippen LogP contribution in [0.1, 0.15) is 38.5 Å². The molecule has 2 rings (SSSR count). The predicted octanol–water partition coefficient (Wildman–Crippen LogP) is 2.09. The molecule has 0 bridgehead atoms. The van der Waals surface area contributed by atoms with E-state index < -0.39 is 5.41 Å². The number of nitrogens with one attached hydrogen (secondary N) is 1. The van der Waals surface area contributed by atoms with Gasteiger partial charge in [-0.3, -0.25) is 4.79 Å². The van der Waals surface area contributed by atoms with Crippen molar-refractivity contribution in [1.82, 2.24) is 5.32 Å². The molecule has 1 amide bonds. The highest BCUT2D eigenvalue weighted by molar-refractivity contribution is 7.99. The lowest BCUT2D eigenvalue weighted by Crippen LogP contribution is -2.48. The Morgan fingerprint density at radius 2 is 1.94 bits per heavy atom. The fraction of sp³-hybridized carbons (Fsp3) is 0.846. The van der Waals surface area contributed by atoms with Gasteiger partial charge in [0.05, 0.1) is 10.4 Å². The minimum atomic E-state index is -0.543. The van der Waals surface area contributed by atoms with Gasteiger partial charge in [-0.15, -0.1) is 0 Å². The smallest absolute Gasteiger partial charge is 0.233 e. The molecule has 1 aliphatic heterocycles. The number of amides is 1. The second kappa shape index (κ2) is 6.24. The van der Waals surface area contributed by atoms with E-state index in [-0.39, 0.29) is 5.91 Å². The molecule has 0 radical (unpaired) electrons. The van der Waals surface area contributed by atoms with Crippen molar-refractivity contribution in [3.63, 3.8) is 0 Å². The number of thiocarbonyl (C=S) groups is 1. The zero-order chi connectivity index (χ0) is 13.0. The first-order chi connectivity index (χ1) is 8.65. The van der Waals surface area contributed by atoms with Gasteiger partial charge in [-0.05, 0) is 43.1 Å². The molecular weight excluding hydrogens is 264 g/mol. The van der Waals surface area contributed by atoms with E-state index in [0.717, 1.165) is 32.2 Å². The molecule has 0 spiro atoms. The Morgan fingerprint density at radius 1 is 1.33 bits per heavy atom. The maximum Gasteiger partial charge on any atom is 0.233 e. The molecule has 2 aliphatic rings. The number of hydrogen-bond acceptors (Lipinski definition) is 3. The lowest BCUT2D eigenvalue weighted by Gasteiger charge is -2.28. The van der Waals surface area contributed by atoms with E-state index in [2.05, 4.69) is 5.32 Å². The molecule has 0 unspecified atom stereocenters. The van der Waals surface area contributed by atoms with Crippen molar-refractivity contribution in [3.05, 3.63) is 0 Å². The van der Waals surface area contributed by atoms with Crippen LogP contribution in [-0.4, -0.2) is 28.9 Å². The molecule has 0 atom stereocenters. The van der Waals surface area contributed by atoms with Crippen molar-refractivity contribution in [1.29, 1.82) is 0 Å². The van der Waals surface area contributed by atoms with Gasteiger partial charge in [0.2, 0.25) is 5.91 Å². The van der Waals surface area contributed by atoms with Crippen LogP contribution in [0, 0.1) is 11.3 Å². The predicted molar refractivity (Wildman–Crippen MR) is 80.7 cm³/mol. The van der Waals surface area contributed by atoms with Crippen LogP contribution in [0.2, 0.25) is 0 Å². The van der Waals surface area contributed by atoms with Crippen LogP contribution >= 0.6 is 24.0 Å². The van der Waals surface area contributed by atoms with E-state index in [1.807, 2.05) is 11.8 Å². The minimum absolute atomic E-state index is 0.0747. The Bertz CT molecular complexity index is 321. The molecule has 0 aromatic carbocycles. The van der Waals surface area contributed by atoms with Gasteiger partial charge in [-0.25, -0.2) is 0 Å². The summed E-state index contributed by atoms with van der Waals surface area (Å²) in [6.07, 6.45) is 6.20. The molecule has 3 N–H and O–H groups in total. The number of nitrogens with two attached hydrogens (primary N) is 1. The van der Waals surface area contributed by atoms with Crippen molar-refractivity contribution in [2.45, 2.75) is 38.5 Å². The zero-order valence-electron chi connectivity index (χ0n) is 10.7. The van der Waals surface area contributed by atoms with Crippen LogP contribution in [0.3, 0.4) is 0 Å². The first-order valence-electron chi connectivity index (χ1n) is 6.81. The van der Waals surface area contributed by atoms with Gasteiger partial charge < -0.3 is 11.1 Å². The Hall–Kier alpha value is -0.290. The molecule has 3 nitrogen and oxygen atoms in total. The van der Waals surface area contributed by atoms with Gasteiger partial charge in [0.15, 0.2) is 0 Å². The van der Waals surface area contributed by atoms with E-state index in [1.54, 1.807) is 0 Å². The standard InChI is InChI=1S/C13H22N2OS2/c14-11(17)13(5-1-2-6-13)12(16)15-9-10-3-7-18-8-4-10/h10H,1-9H2,(H2,14,17)(H,15,16). The minimum Gasteiger partial charge on any atom is -0.392 e. The lowest BCUT2D eigenvalue weighted by atomic mass is 9.85. The molecule has 5 heteroatoms. The van der Waals surface area contributed by atoms with Gasteiger partial charge in [0.1, 0.15) is 0 Å². The summed E-state index contributed by atoms with van der Waals surface area (Å²) in [6.45, 7) is 0.795. The monoisotopic (exact) mass is 286 g/mol. The Balaban J connectivity index is 1.87. The van der Waals surface area contributed by atoms with Crippen molar-refractivity contribution in [3.8, 4) is 0 Å². The Labute approximate surface area is 119 Å². The van der Waals surface area contributed by atoms with Crippen LogP contribution in [-0.2, 0) is 4.79 Å². The number of hydrogen-bond donors (Lipinski definition) is 2. The van der Waals surface area contributed by atoms with Gasteiger partial charge in [-0.1, -0.05) is 25.1 Å². The third-order valence-electron chi connectivity index (χ3n) is 4.26. The highest BCUT2D eigenvalue weighted by atomic mass is 32.2. The normalized spacial score (nSPS) is 23.8. The van der Waals surface area contributed by atoms with Crippen LogP contribution < -0.4 is 11.1 Å². The SMILES string of the molecule is NC(=S)C1(C(=O)NCC2CCSCC2)CCCC1. The van der Waals surface area contributed by atoms with E-state index in [0.29, 0.717) is 10.9 Å². The molecule has 102 valence electrons. The summed E-state index contributed by atoms with van der Waals surface area (Å²) in [6, 6.07) is 0. The second-order valence-electron chi connectivity index (χ2n) is 5.42. The second-order valence-corrected chi connectivity index (χ2v) is 7.08. The van der Waals surface area contributed by atoms with Crippen LogP contribution in [0.25, 0.3) is 0 Å². The highest BCUT2D eigenvalue weighted by Crippen LogP contribution is 2.38. The summed E-state index contributed by atoms with van der Waals surface area (Å²) in [5, 5.41) is 3.10. The molecule has 0 aromatic heterocycles. The van der Waals surface area contributed by atoms with E-state index in [1.165, 1.54) is 24.3 Å². The third kappa shape index (κ3) is 2.99. The van der Waals surface area contributed by atoms with E-state index >= 15 is 0 Å². The molecule has 1 saturated carbocycles. The van der Waals surface area contributed by atoms with E-state index in [4.69, 9.17) is 18.0 Å². The maximum atomic E-state index is 12.4. The van der Waals surface area contributed by atoms with Crippen molar-refractivity contribution >= 4 is 34.9 Å². The third-order valence-corrected chi connectivity index (χ3v) is 5.70. The fourth-order valence-electron chi connectivity index (χ4n) is 2.92. The maximum absolute atomic E-state index is 12.4. The molecular formula is C13H22N2OS2. The first-order valence-corrected chi connectivity index (χ1v) is 8.37. The summed E-state index contributed by atoms with van der Waals surface area (Å²) in [5.74, 6) is 3.16. The fourth-order valence-corrected chi connectivity index (χ4v) is 4.42. The summed E-state index contributed by atoms with van der Waals surface area (Å²) >= 11 is 7.14. The number of thioether (sulfide) groups is 1. The van der Waals surface area contributed by atoms with Crippen molar-refractivity contribution in [2.24, 2.45) is 17.1 Å². The van der Waals surface area contributed by atoms with Gasteiger partial charge >= 0.3 is 0 Å². The average Bonchev–Trinajstić information content (AvgIpc) is 2.88. The molecule has 1 heterocycles. The van der Waals surface area contributed by atoms with Crippen LogP contribution in [0.4, 0.5) is 0 Å². The Kier molecular flexibility index (Phi) is 4.90. The number of carbonyl (C=O) groups excluding carboxylic acids is 1. The summed E-state index contributed by atoms with van der Waals surface area (Å²) in [7, 11) is 0. The molecule has 1 aliphatic carbocycles. The van der Waals surface area contributed by atoms with Gasteiger partial charge in [0, 0.05) is 6.54 Å². The lowest BCUT2D eigenvalue weighted by molar-refractivity contribution is -0.127. The Morgan fingerprint density at radius 3 is 2.50 bits per heavy atom. The van der Waals surface area contributed by atoms with Gasteiger partial charge in [0.25, 0.3) is 0 Å². The summed E-state index contributed by atoms with van der Waals surface area (Å²) < 4.78 is 0. The largest absolute Gasteiger partial charge is 0.392 e. The average molecular weight is 286 g/mol. The summed E-state index contributed by atoms with van der Waals surface area (Å²) in [5.41, 5.74) is 5.27. The van der Waals surface area contributed by atoms with Crippen molar-refractivity contribution in [2.75, 3.05) is 18.1 Å². The van der Waals surface area contributed by atoms with Crippen LogP contribution in [0.15, 0.2) is 0 Å².